The zero-order chi connectivity index (χ0) is 30.1. The van der Waals surface area contributed by atoms with E-state index in [-0.39, 0.29) is 38.5 Å². The number of carbonyl (C=O) groups excluding carboxylic acids is 2. The van der Waals surface area contributed by atoms with Crippen LogP contribution < -0.4 is 10.1 Å². The molecule has 5 aromatic rings. The van der Waals surface area contributed by atoms with Gasteiger partial charge in [-0.3, -0.25) is 9.59 Å². The molecule has 0 saturated carbocycles. The molecule has 2 amide bonds. The fourth-order valence-electron chi connectivity index (χ4n) is 4.70. The highest BCUT2D eigenvalue weighted by Crippen LogP contribution is 2.43. The zero-order valence-corrected chi connectivity index (χ0v) is 24.3. The maximum atomic E-state index is 13.4. The van der Waals surface area contributed by atoms with Crippen molar-refractivity contribution in [2.24, 2.45) is 0 Å². The van der Waals surface area contributed by atoms with Gasteiger partial charge in [0.2, 0.25) is 0 Å². The van der Waals surface area contributed by atoms with Gasteiger partial charge in [-0.25, -0.2) is 14.5 Å². The van der Waals surface area contributed by atoms with Crippen molar-refractivity contribution in [2.45, 2.75) is 6.61 Å². The second-order valence-electron chi connectivity index (χ2n) is 9.79. The largest absolute Gasteiger partial charge is 0.434 e. The Labute approximate surface area is 253 Å². The molecular formula is C29H24ClF2N7O3S. The Morgan fingerprint density at radius 3 is 2.60 bits per heavy atom. The van der Waals surface area contributed by atoms with E-state index in [1.807, 2.05) is 11.9 Å². The first-order valence-corrected chi connectivity index (χ1v) is 14.4. The highest BCUT2D eigenvalue weighted by Gasteiger charge is 2.24. The average Bonchev–Trinajstić information content (AvgIpc) is 3.63. The van der Waals surface area contributed by atoms with Gasteiger partial charge in [-0.05, 0) is 43.4 Å². The predicted molar refractivity (Wildman–Crippen MR) is 159 cm³/mol. The molecule has 4 heterocycles. The van der Waals surface area contributed by atoms with E-state index in [2.05, 4.69) is 20.3 Å². The molecular weight excluding hydrogens is 600 g/mol. The number of hydrogen-bond acceptors (Lipinski definition) is 8. The highest BCUT2D eigenvalue weighted by atomic mass is 35.5. The summed E-state index contributed by atoms with van der Waals surface area (Å²) in [6, 6.07) is 12.9. The molecule has 6 rings (SSSR count). The van der Waals surface area contributed by atoms with Crippen molar-refractivity contribution in [3.8, 4) is 27.6 Å². The molecule has 43 heavy (non-hydrogen) atoms. The Hall–Kier alpha value is -4.46. The van der Waals surface area contributed by atoms with Crippen LogP contribution in [0.1, 0.15) is 20.7 Å². The number of ether oxygens (including phenoxy) is 1. The number of likely N-dealkylation sites (N-methyl/N-ethyl adjacent to an activating group) is 1. The van der Waals surface area contributed by atoms with Gasteiger partial charge in [0.25, 0.3) is 11.8 Å². The summed E-state index contributed by atoms with van der Waals surface area (Å²) in [5.41, 5.74) is 2.12. The molecule has 10 nitrogen and oxygen atoms in total. The summed E-state index contributed by atoms with van der Waals surface area (Å²) in [4.78, 5) is 39.4. The molecule has 0 spiro atoms. The SMILES string of the molecule is CN1CCN(C(=O)c2ccc(-c3nc(-c4cc(Cl)ccc4OC(F)F)c(NC(=O)c4cnn5cccnc45)s3)cc2)CC1. The first-order chi connectivity index (χ1) is 20.8. The van der Waals surface area contributed by atoms with E-state index in [0.717, 1.165) is 24.4 Å². The van der Waals surface area contributed by atoms with E-state index in [1.165, 1.54) is 28.9 Å². The van der Waals surface area contributed by atoms with Crippen molar-refractivity contribution in [2.75, 3.05) is 38.5 Å². The van der Waals surface area contributed by atoms with Crippen molar-refractivity contribution < 1.29 is 23.1 Å². The minimum absolute atomic E-state index is 0.0536. The molecule has 220 valence electrons. The second-order valence-corrected chi connectivity index (χ2v) is 11.2. The molecule has 3 aromatic heterocycles. The number of amides is 2. The van der Waals surface area contributed by atoms with E-state index in [9.17, 15) is 18.4 Å². The van der Waals surface area contributed by atoms with E-state index in [1.54, 1.807) is 42.7 Å². The molecule has 1 N–H and O–H groups in total. The zero-order valence-electron chi connectivity index (χ0n) is 22.7. The maximum absolute atomic E-state index is 13.4. The Kier molecular flexibility index (Phi) is 8.02. The number of nitrogens with one attached hydrogen (secondary N) is 1. The number of hydrogen-bond donors (Lipinski definition) is 1. The Bertz CT molecular complexity index is 1800. The maximum Gasteiger partial charge on any atom is 0.387 e. The van der Waals surface area contributed by atoms with Crippen LogP contribution in [0.3, 0.4) is 0 Å². The second kappa shape index (κ2) is 12.0. The van der Waals surface area contributed by atoms with Crippen molar-refractivity contribution in [3.63, 3.8) is 0 Å². The number of thiazole rings is 1. The van der Waals surface area contributed by atoms with Crippen molar-refractivity contribution in [3.05, 3.63) is 83.3 Å². The van der Waals surface area contributed by atoms with E-state index < -0.39 is 12.5 Å². The van der Waals surface area contributed by atoms with Crippen LogP contribution >= 0.6 is 22.9 Å². The number of nitrogens with zero attached hydrogens (tertiary/aromatic N) is 6. The van der Waals surface area contributed by atoms with Crippen molar-refractivity contribution in [1.29, 1.82) is 0 Å². The molecule has 0 radical (unpaired) electrons. The first-order valence-electron chi connectivity index (χ1n) is 13.2. The summed E-state index contributed by atoms with van der Waals surface area (Å²) in [6.45, 7) is -0.160. The normalized spacial score (nSPS) is 13.9. The van der Waals surface area contributed by atoms with Gasteiger partial charge in [0, 0.05) is 60.3 Å². The molecule has 1 fully saturated rings. The van der Waals surface area contributed by atoms with Gasteiger partial charge in [0.1, 0.15) is 27.0 Å². The summed E-state index contributed by atoms with van der Waals surface area (Å²) in [6.07, 6.45) is 4.59. The van der Waals surface area contributed by atoms with E-state index in [0.29, 0.717) is 34.9 Å². The summed E-state index contributed by atoms with van der Waals surface area (Å²) in [5.74, 6) is -0.726. The minimum atomic E-state index is -3.09. The molecule has 0 unspecified atom stereocenters. The molecule has 1 saturated heterocycles. The van der Waals surface area contributed by atoms with Crippen LogP contribution in [0.5, 0.6) is 5.75 Å². The van der Waals surface area contributed by atoms with Crippen LogP contribution in [0.25, 0.3) is 27.5 Å². The van der Waals surface area contributed by atoms with E-state index in [4.69, 9.17) is 21.3 Å². The smallest absolute Gasteiger partial charge is 0.387 e. The van der Waals surface area contributed by atoms with Gasteiger partial charge < -0.3 is 19.9 Å². The minimum Gasteiger partial charge on any atom is -0.434 e. The van der Waals surface area contributed by atoms with Crippen LogP contribution in [-0.2, 0) is 0 Å². The van der Waals surface area contributed by atoms with Gasteiger partial charge in [0.05, 0.1) is 6.20 Å². The summed E-state index contributed by atoms with van der Waals surface area (Å²) in [5, 5.41) is 8.02. The molecule has 0 bridgehead atoms. The van der Waals surface area contributed by atoms with Crippen molar-refractivity contribution in [1.82, 2.24) is 29.4 Å². The van der Waals surface area contributed by atoms with Crippen LogP contribution in [0.4, 0.5) is 13.8 Å². The van der Waals surface area contributed by atoms with Gasteiger partial charge in [-0.15, -0.1) is 0 Å². The number of aromatic nitrogens is 4. The third-order valence-electron chi connectivity index (χ3n) is 6.96. The molecule has 0 aliphatic carbocycles. The molecule has 0 atom stereocenters. The third-order valence-corrected chi connectivity index (χ3v) is 8.22. The van der Waals surface area contributed by atoms with Crippen LogP contribution in [0.15, 0.2) is 67.1 Å². The number of halogens is 3. The molecule has 14 heteroatoms. The summed E-state index contributed by atoms with van der Waals surface area (Å²) >= 11 is 7.37. The van der Waals surface area contributed by atoms with Crippen molar-refractivity contribution >= 4 is 45.4 Å². The lowest BCUT2D eigenvalue weighted by Crippen LogP contribution is -2.47. The van der Waals surface area contributed by atoms with Gasteiger partial charge in [-0.2, -0.15) is 13.9 Å². The van der Waals surface area contributed by atoms with Gasteiger partial charge in [-0.1, -0.05) is 35.1 Å². The number of anilines is 1. The molecule has 2 aromatic carbocycles. The van der Waals surface area contributed by atoms with Gasteiger partial charge >= 0.3 is 6.61 Å². The van der Waals surface area contributed by atoms with Crippen LogP contribution in [-0.4, -0.2) is 81.0 Å². The number of rotatable bonds is 7. The Balaban J connectivity index is 1.36. The van der Waals surface area contributed by atoms with Crippen LogP contribution in [0.2, 0.25) is 5.02 Å². The predicted octanol–water partition coefficient (Wildman–Crippen LogP) is 5.41. The van der Waals surface area contributed by atoms with Gasteiger partial charge in [0.15, 0.2) is 5.65 Å². The van der Waals surface area contributed by atoms with E-state index >= 15 is 0 Å². The number of piperazine rings is 1. The summed E-state index contributed by atoms with van der Waals surface area (Å²) in [7, 11) is 2.02. The standard InChI is InChI=1S/C29H24ClF2N7O3S/c1-37-11-13-38(14-12-37)28(41)18-5-3-17(4-6-18)26-35-23(20-15-19(30)7-8-22(20)42-29(31)32)27(43-26)36-25(40)21-16-34-39-10-2-9-33-24(21)39/h2-10,15-16,29H,11-14H2,1H3,(H,36,40). The molecule has 1 aliphatic heterocycles. The monoisotopic (exact) mass is 623 g/mol. The molecule has 1 aliphatic rings. The number of carbonyl (C=O) groups is 2. The lowest BCUT2D eigenvalue weighted by molar-refractivity contribution is -0.0494. The fourth-order valence-corrected chi connectivity index (χ4v) is 5.85. The lowest BCUT2D eigenvalue weighted by Gasteiger charge is -2.32. The quantitative estimate of drug-likeness (QED) is 0.258. The highest BCUT2D eigenvalue weighted by molar-refractivity contribution is 7.19. The lowest BCUT2D eigenvalue weighted by atomic mass is 10.1. The third kappa shape index (κ3) is 6.05. The number of benzene rings is 2. The first kappa shape index (κ1) is 28.6. The Morgan fingerprint density at radius 2 is 1.86 bits per heavy atom. The fraction of sp³-hybridized carbons (Fsp3) is 0.207. The summed E-state index contributed by atoms with van der Waals surface area (Å²) < 4.78 is 32.8. The number of alkyl halides is 2. The Morgan fingerprint density at radius 1 is 1.09 bits per heavy atom. The number of fused-ring (bicyclic) bond motifs is 1. The van der Waals surface area contributed by atoms with Crippen LogP contribution in [0, 0.1) is 0 Å². The topological polar surface area (TPSA) is 105 Å². The average molecular weight is 624 g/mol.